The minimum absolute atomic E-state index is 0.111. The summed E-state index contributed by atoms with van der Waals surface area (Å²) in [6.45, 7) is 0.440. The number of nitrogens with zero attached hydrogens (tertiary/aromatic N) is 1. The molecule has 0 saturated heterocycles. The Bertz CT molecular complexity index is 812. The Kier molecular flexibility index (Phi) is 4.33. The number of amides is 2. The van der Waals surface area contributed by atoms with Crippen molar-refractivity contribution in [2.75, 3.05) is 13.6 Å². The third kappa shape index (κ3) is 3.01. The third-order valence-electron chi connectivity index (χ3n) is 4.05. The van der Waals surface area contributed by atoms with Crippen LogP contribution in [-0.4, -0.2) is 35.4 Å². The van der Waals surface area contributed by atoms with Gasteiger partial charge < -0.3 is 15.3 Å². The zero-order valence-electron chi connectivity index (χ0n) is 13.3. The molecular weight excluding hydrogens is 304 g/mol. The van der Waals surface area contributed by atoms with Gasteiger partial charge in [-0.15, -0.1) is 0 Å². The van der Waals surface area contributed by atoms with Crippen molar-refractivity contribution in [3.63, 3.8) is 0 Å². The van der Waals surface area contributed by atoms with Crippen LogP contribution in [-0.2, 0) is 16.1 Å². The van der Waals surface area contributed by atoms with E-state index in [1.807, 2.05) is 54.6 Å². The number of hydrogen-bond acceptors (Lipinski definition) is 3. The van der Waals surface area contributed by atoms with Crippen molar-refractivity contribution in [3.8, 4) is 11.1 Å². The molecule has 0 radical (unpaired) electrons. The highest BCUT2D eigenvalue weighted by Crippen LogP contribution is 2.23. The first kappa shape index (κ1) is 15.8. The average Bonchev–Trinajstić information content (AvgIpc) is 2.88. The molecular formula is C19H18N2O3. The van der Waals surface area contributed by atoms with E-state index in [1.165, 1.54) is 4.90 Å². The van der Waals surface area contributed by atoms with Gasteiger partial charge in [0.1, 0.15) is 0 Å². The molecule has 2 N–H and O–H groups in total. The van der Waals surface area contributed by atoms with Crippen molar-refractivity contribution in [2.45, 2.75) is 6.54 Å². The zero-order valence-corrected chi connectivity index (χ0v) is 13.3. The summed E-state index contributed by atoms with van der Waals surface area (Å²) in [4.78, 5) is 25.1. The molecule has 1 heterocycles. The Morgan fingerprint density at radius 2 is 1.79 bits per heavy atom. The smallest absolute Gasteiger partial charge is 0.289 e. The lowest BCUT2D eigenvalue weighted by Crippen LogP contribution is -2.28. The van der Waals surface area contributed by atoms with E-state index in [0.29, 0.717) is 6.54 Å². The Morgan fingerprint density at radius 1 is 1.12 bits per heavy atom. The maximum Gasteiger partial charge on any atom is 0.289 e. The third-order valence-corrected chi connectivity index (χ3v) is 4.05. The fourth-order valence-electron chi connectivity index (χ4n) is 2.73. The molecule has 0 saturated carbocycles. The molecule has 24 heavy (non-hydrogen) atoms. The normalized spacial score (nSPS) is 14.2. The van der Waals surface area contributed by atoms with E-state index < -0.39 is 17.6 Å². The molecule has 0 unspecified atom stereocenters. The summed E-state index contributed by atoms with van der Waals surface area (Å²) in [7, 11) is 1.55. The molecule has 5 heteroatoms. The number of aliphatic hydroxyl groups excluding tert-OH is 1. The van der Waals surface area contributed by atoms with Gasteiger partial charge in [-0.3, -0.25) is 9.59 Å². The fraction of sp³-hybridized carbons (Fsp3) is 0.158. The number of carbonyl (C=O) groups is 2. The van der Waals surface area contributed by atoms with E-state index >= 15 is 0 Å². The lowest BCUT2D eigenvalue weighted by molar-refractivity contribution is -0.126. The minimum atomic E-state index is -0.523. The van der Waals surface area contributed by atoms with Crippen molar-refractivity contribution < 1.29 is 14.7 Å². The van der Waals surface area contributed by atoms with Crippen LogP contribution in [0.4, 0.5) is 0 Å². The lowest BCUT2D eigenvalue weighted by atomic mass is 10.00. The van der Waals surface area contributed by atoms with Crippen molar-refractivity contribution in [3.05, 3.63) is 71.5 Å². The predicted octanol–water partition coefficient (Wildman–Crippen LogP) is 2.25. The molecule has 0 bridgehead atoms. The Hall–Kier alpha value is -3.08. The van der Waals surface area contributed by atoms with Crippen molar-refractivity contribution in [1.82, 2.24) is 10.2 Å². The van der Waals surface area contributed by atoms with Gasteiger partial charge in [-0.25, -0.2) is 0 Å². The number of carbonyl (C=O) groups excluding carboxylic acids is 2. The molecule has 2 aromatic rings. The van der Waals surface area contributed by atoms with Crippen LogP contribution in [0.1, 0.15) is 5.56 Å². The molecule has 0 aliphatic carbocycles. The molecule has 5 nitrogen and oxygen atoms in total. The first-order valence-electron chi connectivity index (χ1n) is 7.67. The standard InChI is InChI=1S/C19H18N2O3/c1-21-12-16(17(22)19(21)24)18(23)20-11-14-9-5-6-10-15(14)13-7-3-2-4-8-13/h2-10,22H,11-12H2,1H3,(H,20,23). The second-order valence-corrected chi connectivity index (χ2v) is 5.69. The van der Waals surface area contributed by atoms with Gasteiger partial charge in [0.15, 0.2) is 5.76 Å². The van der Waals surface area contributed by atoms with E-state index in [0.717, 1.165) is 16.7 Å². The summed E-state index contributed by atoms with van der Waals surface area (Å²) >= 11 is 0. The van der Waals surface area contributed by atoms with Crippen LogP contribution in [0.2, 0.25) is 0 Å². The number of aliphatic hydroxyl groups is 1. The van der Waals surface area contributed by atoms with Gasteiger partial charge in [-0.1, -0.05) is 54.6 Å². The van der Waals surface area contributed by atoms with Crippen molar-refractivity contribution >= 4 is 11.8 Å². The second kappa shape index (κ2) is 6.58. The number of likely N-dealkylation sites (N-methyl/N-ethyl adjacent to an activating group) is 1. The van der Waals surface area contributed by atoms with E-state index in [1.54, 1.807) is 7.05 Å². The number of benzene rings is 2. The van der Waals surface area contributed by atoms with Gasteiger partial charge in [0.05, 0.1) is 12.1 Å². The van der Waals surface area contributed by atoms with Gasteiger partial charge in [0.2, 0.25) is 0 Å². The quantitative estimate of drug-likeness (QED) is 0.907. The summed E-state index contributed by atoms with van der Waals surface area (Å²) in [5, 5.41) is 12.5. The highest BCUT2D eigenvalue weighted by molar-refractivity contribution is 6.06. The fourth-order valence-corrected chi connectivity index (χ4v) is 2.73. The largest absolute Gasteiger partial charge is 0.503 e. The van der Waals surface area contributed by atoms with Gasteiger partial charge >= 0.3 is 0 Å². The molecule has 0 fully saturated rings. The maximum absolute atomic E-state index is 12.3. The highest BCUT2D eigenvalue weighted by Gasteiger charge is 2.31. The first-order chi connectivity index (χ1) is 11.6. The monoisotopic (exact) mass is 322 g/mol. The molecule has 0 atom stereocenters. The van der Waals surface area contributed by atoms with E-state index in [-0.39, 0.29) is 12.1 Å². The van der Waals surface area contributed by atoms with Crippen LogP contribution >= 0.6 is 0 Å². The molecule has 2 aromatic carbocycles. The Labute approximate surface area is 140 Å². The summed E-state index contributed by atoms with van der Waals surface area (Å²) in [6.07, 6.45) is 0. The maximum atomic E-state index is 12.3. The number of nitrogens with one attached hydrogen (secondary N) is 1. The van der Waals surface area contributed by atoms with Crippen LogP contribution in [0.15, 0.2) is 65.9 Å². The zero-order chi connectivity index (χ0) is 17.1. The van der Waals surface area contributed by atoms with Gasteiger partial charge in [0.25, 0.3) is 11.8 Å². The van der Waals surface area contributed by atoms with E-state index in [9.17, 15) is 14.7 Å². The lowest BCUT2D eigenvalue weighted by Gasteiger charge is -2.12. The number of rotatable bonds is 4. The Morgan fingerprint density at radius 3 is 2.46 bits per heavy atom. The van der Waals surface area contributed by atoms with Gasteiger partial charge in [-0.05, 0) is 16.7 Å². The number of hydrogen-bond donors (Lipinski definition) is 2. The summed E-state index contributed by atoms with van der Waals surface area (Å²) < 4.78 is 0. The van der Waals surface area contributed by atoms with Crippen LogP contribution in [0.3, 0.4) is 0 Å². The Balaban J connectivity index is 1.77. The van der Waals surface area contributed by atoms with Crippen molar-refractivity contribution in [1.29, 1.82) is 0 Å². The summed E-state index contributed by atoms with van der Waals surface area (Å²) in [6, 6.07) is 17.7. The van der Waals surface area contributed by atoms with Crippen LogP contribution in [0.25, 0.3) is 11.1 Å². The molecule has 2 amide bonds. The van der Waals surface area contributed by atoms with Gasteiger partial charge in [0, 0.05) is 13.6 Å². The highest BCUT2D eigenvalue weighted by atomic mass is 16.3. The van der Waals surface area contributed by atoms with Gasteiger partial charge in [-0.2, -0.15) is 0 Å². The summed E-state index contributed by atoms with van der Waals surface area (Å²) in [5.41, 5.74) is 3.19. The SMILES string of the molecule is CN1CC(C(=O)NCc2ccccc2-c2ccccc2)=C(O)C1=O. The van der Waals surface area contributed by atoms with E-state index in [4.69, 9.17) is 0 Å². The van der Waals surface area contributed by atoms with Crippen molar-refractivity contribution in [2.24, 2.45) is 0 Å². The van der Waals surface area contributed by atoms with Crippen LogP contribution < -0.4 is 5.32 Å². The molecule has 122 valence electrons. The average molecular weight is 322 g/mol. The molecule has 0 aromatic heterocycles. The molecule has 1 aliphatic heterocycles. The predicted molar refractivity (Wildman–Crippen MR) is 91.0 cm³/mol. The van der Waals surface area contributed by atoms with Crippen LogP contribution in [0, 0.1) is 0 Å². The molecule has 0 spiro atoms. The first-order valence-corrected chi connectivity index (χ1v) is 7.67. The summed E-state index contributed by atoms with van der Waals surface area (Å²) in [5.74, 6) is -1.41. The molecule has 3 rings (SSSR count). The topological polar surface area (TPSA) is 69.6 Å². The van der Waals surface area contributed by atoms with Crippen LogP contribution in [0.5, 0.6) is 0 Å². The molecule has 1 aliphatic rings. The van der Waals surface area contributed by atoms with E-state index in [2.05, 4.69) is 5.32 Å². The second-order valence-electron chi connectivity index (χ2n) is 5.69. The minimum Gasteiger partial charge on any atom is -0.503 e.